The van der Waals surface area contributed by atoms with E-state index in [9.17, 15) is 4.79 Å². The van der Waals surface area contributed by atoms with Crippen molar-refractivity contribution in [2.75, 3.05) is 46.8 Å². The van der Waals surface area contributed by atoms with Crippen LogP contribution in [0.15, 0.2) is 0 Å². The fraction of sp³-hybridized carbons (Fsp3) is 0.933. The standard InChI is InChI=1S/C15H29N3O/c1-4-17-9-7-14(8-10-17)18-11-5-13(6-12-18)15(19)16(2)3/h13-14H,4-12H2,1-3H3. The smallest absolute Gasteiger partial charge is 0.225 e. The van der Waals surface area contributed by atoms with Gasteiger partial charge in [-0.1, -0.05) is 6.92 Å². The van der Waals surface area contributed by atoms with Crippen molar-refractivity contribution in [3.8, 4) is 0 Å². The van der Waals surface area contributed by atoms with Crippen molar-refractivity contribution in [1.29, 1.82) is 0 Å². The largest absolute Gasteiger partial charge is 0.349 e. The zero-order valence-corrected chi connectivity index (χ0v) is 12.8. The van der Waals surface area contributed by atoms with E-state index in [1.54, 1.807) is 4.90 Å². The molecule has 2 aliphatic rings. The summed E-state index contributed by atoms with van der Waals surface area (Å²) >= 11 is 0. The van der Waals surface area contributed by atoms with Gasteiger partial charge in [0, 0.05) is 26.1 Å². The Hall–Kier alpha value is -0.610. The summed E-state index contributed by atoms with van der Waals surface area (Å²) in [6.07, 6.45) is 4.70. The molecule has 0 aromatic heterocycles. The molecule has 2 rings (SSSR count). The topological polar surface area (TPSA) is 26.8 Å². The first-order valence-corrected chi connectivity index (χ1v) is 7.79. The van der Waals surface area contributed by atoms with E-state index < -0.39 is 0 Å². The molecule has 0 aromatic carbocycles. The van der Waals surface area contributed by atoms with Gasteiger partial charge in [0.15, 0.2) is 0 Å². The van der Waals surface area contributed by atoms with Crippen LogP contribution in [0.5, 0.6) is 0 Å². The number of hydrogen-bond acceptors (Lipinski definition) is 3. The van der Waals surface area contributed by atoms with Gasteiger partial charge in [-0.25, -0.2) is 0 Å². The summed E-state index contributed by atoms with van der Waals surface area (Å²) in [4.78, 5) is 18.9. The van der Waals surface area contributed by atoms with Gasteiger partial charge in [0.25, 0.3) is 0 Å². The van der Waals surface area contributed by atoms with Crippen LogP contribution < -0.4 is 0 Å². The lowest BCUT2D eigenvalue weighted by Gasteiger charge is -2.41. The molecule has 0 aromatic rings. The maximum Gasteiger partial charge on any atom is 0.225 e. The van der Waals surface area contributed by atoms with Crippen LogP contribution in [0.1, 0.15) is 32.6 Å². The Morgan fingerprint density at radius 3 is 2.11 bits per heavy atom. The van der Waals surface area contributed by atoms with E-state index in [0.29, 0.717) is 5.91 Å². The molecule has 0 radical (unpaired) electrons. The fourth-order valence-corrected chi connectivity index (χ4v) is 3.48. The first kappa shape index (κ1) is 14.8. The average molecular weight is 267 g/mol. The third kappa shape index (κ3) is 3.69. The molecule has 0 bridgehead atoms. The predicted molar refractivity (Wildman–Crippen MR) is 78.1 cm³/mol. The van der Waals surface area contributed by atoms with E-state index in [0.717, 1.165) is 32.0 Å². The highest BCUT2D eigenvalue weighted by molar-refractivity contribution is 5.78. The average Bonchev–Trinajstić information content (AvgIpc) is 2.46. The summed E-state index contributed by atoms with van der Waals surface area (Å²) in [5.74, 6) is 0.586. The first-order valence-electron chi connectivity index (χ1n) is 7.79. The number of hydrogen-bond donors (Lipinski definition) is 0. The molecule has 0 spiro atoms. The lowest BCUT2D eigenvalue weighted by Crippen LogP contribution is -2.49. The third-order valence-electron chi connectivity index (χ3n) is 4.84. The van der Waals surface area contributed by atoms with Gasteiger partial charge < -0.3 is 14.7 Å². The number of piperidine rings is 2. The Morgan fingerprint density at radius 1 is 1.05 bits per heavy atom. The molecule has 4 heteroatoms. The molecule has 4 nitrogen and oxygen atoms in total. The van der Waals surface area contributed by atoms with Crippen molar-refractivity contribution < 1.29 is 4.79 Å². The summed E-state index contributed by atoms with van der Waals surface area (Å²) in [7, 11) is 3.74. The molecule has 0 saturated carbocycles. The highest BCUT2D eigenvalue weighted by Gasteiger charge is 2.30. The lowest BCUT2D eigenvalue weighted by molar-refractivity contribution is -0.134. The van der Waals surface area contributed by atoms with Crippen LogP contribution in [0.3, 0.4) is 0 Å². The lowest BCUT2D eigenvalue weighted by atomic mass is 9.92. The molecule has 110 valence electrons. The highest BCUT2D eigenvalue weighted by Crippen LogP contribution is 2.24. The molecule has 2 saturated heterocycles. The molecule has 19 heavy (non-hydrogen) atoms. The van der Waals surface area contributed by atoms with Crippen molar-refractivity contribution in [1.82, 2.24) is 14.7 Å². The summed E-state index contributed by atoms with van der Waals surface area (Å²) in [5.41, 5.74) is 0. The Morgan fingerprint density at radius 2 is 1.63 bits per heavy atom. The van der Waals surface area contributed by atoms with Crippen molar-refractivity contribution >= 4 is 5.91 Å². The predicted octanol–water partition coefficient (Wildman–Crippen LogP) is 1.27. The van der Waals surface area contributed by atoms with Crippen LogP contribution in [0.2, 0.25) is 0 Å². The molecule has 0 unspecified atom stereocenters. The molecular weight excluding hydrogens is 238 g/mol. The summed E-state index contributed by atoms with van der Waals surface area (Å²) < 4.78 is 0. The fourth-order valence-electron chi connectivity index (χ4n) is 3.48. The second-order valence-electron chi connectivity index (χ2n) is 6.21. The SMILES string of the molecule is CCN1CCC(N2CCC(C(=O)N(C)C)CC2)CC1. The molecule has 0 N–H and O–H groups in total. The number of amides is 1. The Labute approximate surface area is 117 Å². The number of carbonyl (C=O) groups is 1. The molecule has 2 fully saturated rings. The maximum absolute atomic E-state index is 12.0. The first-order chi connectivity index (χ1) is 9.11. The van der Waals surface area contributed by atoms with Gasteiger partial charge in [-0.3, -0.25) is 4.79 Å². The van der Waals surface area contributed by atoms with Gasteiger partial charge in [0.1, 0.15) is 0 Å². The highest BCUT2D eigenvalue weighted by atomic mass is 16.2. The minimum atomic E-state index is 0.266. The van der Waals surface area contributed by atoms with Gasteiger partial charge in [-0.05, 0) is 58.4 Å². The van der Waals surface area contributed by atoms with Gasteiger partial charge >= 0.3 is 0 Å². The molecule has 2 aliphatic heterocycles. The van der Waals surface area contributed by atoms with Gasteiger partial charge in [0.05, 0.1) is 0 Å². The maximum atomic E-state index is 12.0. The normalized spacial score (nSPS) is 24.6. The second-order valence-corrected chi connectivity index (χ2v) is 6.21. The van der Waals surface area contributed by atoms with Crippen molar-refractivity contribution in [3.05, 3.63) is 0 Å². The number of likely N-dealkylation sites (tertiary alicyclic amines) is 2. The summed E-state index contributed by atoms with van der Waals surface area (Å²) in [5, 5.41) is 0. The minimum absolute atomic E-state index is 0.266. The van der Waals surface area contributed by atoms with E-state index in [2.05, 4.69) is 16.7 Å². The van der Waals surface area contributed by atoms with E-state index in [1.807, 2.05) is 14.1 Å². The molecule has 0 atom stereocenters. The van der Waals surface area contributed by atoms with Crippen LogP contribution in [0.4, 0.5) is 0 Å². The van der Waals surface area contributed by atoms with E-state index >= 15 is 0 Å². The second kappa shape index (κ2) is 6.71. The zero-order valence-electron chi connectivity index (χ0n) is 12.8. The number of nitrogens with zero attached hydrogens (tertiary/aromatic N) is 3. The molecule has 0 aliphatic carbocycles. The zero-order chi connectivity index (χ0) is 13.8. The summed E-state index contributed by atoms with van der Waals surface area (Å²) in [6, 6.07) is 0.762. The van der Waals surface area contributed by atoms with Gasteiger partial charge in [-0.2, -0.15) is 0 Å². The van der Waals surface area contributed by atoms with Gasteiger partial charge in [0.2, 0.25) is 5.91 Å². The van der Waals surface area contributed by atoms with Gasteiger partial charge in [-0.15, -0.1) is 0 Å². The number of carbonyl (C=O) groups excluding carboxylic acids is 1. The molecule has 1 amide bonds. The van der Waals surface area contributed by atoms with Crippen LogP contribution in [-0.2, 0) is 4.79 Å². The molecular formula is C15H29N3O. The molecule has 2 heterocycles. The Kier molecular flexibility index (Phi) is 5.22. The quantitative estimate of drug-likeness (QED) is 0.770. The van der Waals surface area contributed by atoms with E-state index in [1.165, 1.54) is 32.5 Å². The monoisotopic (exact) mass is 267 g/mol. The van der Waals surface area contributed by atoms with Crippen molar-refractivity contribution in [2.24, 2.45) is 5.92 Å². The van der Waals surface area contributed by atoms with Crippen LogP contribution in [0.25, 0.3) is 0 Å². The summed E-state index contributed by atoms with van der Waals surface area (Å²) in [6.45, 7) is 8.16. The van der Waals surface area contributed by atoms with Crippen LogP contribution in [-0.4, -0.2) is 73.5 Å². The van der Waals surface area contributed by atoms with Crippen LogP contribution >= 0.6 is 0 Å². The number of rotatable bonds is 3. The van der Waals surface area contributed by atoms with Crippen LogP contribution in [0, 0.1) is 5.92 Å². The Balaban J connectivity index is 1.76. The van der Waals surface area contributed by atoms with Crippen molar-refractivity contribution in [3.63, 3.8) is 0 Å². The Bertz CT molecular complexity index is 290. The third-order valence-corrected chi connectivity index (χ3v) is 4.84. The van der Waals surface area contributed by atoms with Crippen molar-refractivity contribution in [2.45, 2.75) is 38.6 Å². The van der Waals surface area contributed by atoms with E-state index in [-0.39, 0.29) is 5.92 Å². The minimum Gasteiger partial charge on any atom is -0.349 e. The van der Waals surface area contributed by atoms with E-state index in [4.69, 9.17) is 0 Å².